The first kappa shape index (κ1) is 15.6. The van der Waals surface area contributed by atoms with E-state index >= 15 is 0 Å². The molecule has 0 aromatic heterocycles. The van der Waals surface area contributed by atoms with E-state index in [0.29, 0.717) is 16.9 Å². The Balaban J connectivity index is 2.63. The zero-order valence-electron chi connectivity index (χ0n) is 12.8. The van der Waals surface area contributed by atoms with Gasteiger partial charge in [0.25, 0.3) is 5.91 Å². The molecule has 0 aliphatic heterocycles. The third-order valence-electron chi connectivity index (χ3n) is 3.33. The van der Waals surface area contributed by atoms with Crippen LogP contribution < -0.4 is 4.90 Å². The van der Waals surface area contributed by atoms with Gasteiger partial charge in [0.1, 0.15) is 0 Å². The van der Waals surface area contributed by atoms with Gasteiger partial charge in [-0.15, -0.1) is 0 Å². The van der Waals surface area contributed by atoms with Gasteiger partial charge in [-0.1, -0.05) is 30.3 Å². The highest BCUT2D eigenvalue weighted by Crippen LogP contribution is 2.31. The van der Waals surface area contributed by atoms with Gasteiger partial charge in [-0.2, -0.15) is 0 Å². The second-order valence-electron chi connectivity index (χ2n) is 5.12. The number of nitrogens with zero attached hydrogens (tertiary/aromatic N) is 2. The summed E-state index contributed by atoms with van der Waals surface area (Å²) in [7, 11) is 3.27. The number of amides is 2. The highest BCUT2D eigenvalue weighted by atomic mass is 16.4. The molecule has 0 atom stereocenters. The Bertz CT molecular complexity index is 711. The minimum Gasteiger partial charge on any atom is -0.464 e. The minimum absolute atomic E-state index is 0.240. The Hall–Kier alpha value is -2.82. The van der Waals surface area contributed by atoms with Crippen LogP contribution in [0.25, 0.3) is 0 Å². The number of carbonyl (C=O) groups excluding carboxylic acids is 1. The van der Waals surface area contributed by atoms with Crippen LogP contribution in [0.2, 0.25) is 0 Å². The number of carboxylic acid groups (broad SMARTS) is 1. The molecule has 0 fully saturated rings. The van der Waals surface area contributed by atoms with Crippen LogP contribution in [0.15, 0.2) is 48.5 Å². The van der Waals surface area contributed by atoms with E-state index in [0.717, 1.165) is 10.5 Å². The highest BCUT2D eigenvalue weighted by Gasteiger charge is 2.24. The van der Waals surface area contributed by atoms with Gasteiger partial charge in [0.2, 0.25) is 0 Å². The van der Waals surface area contributed by atoms with Gasteiger partial charge >= 0.3 is 6.09 Å². The van der Waals surface area contributed by atoms with Gasteiger partial charge in [0, 0.05) is 14.1 Å². The Morgan fingerprint density at radius 3 is 2.00 bits per heavy atom. The van der Waals surface area contributed by atoms with Gasteiger partial charge in [0.05, 0.1) is 16.9 Å². The molecule has 0 saturated carbocycles. The third kappa shape index (κ3) is 2.93. The molecule has 0 spiro atoms. The average Bonchev–Trinajstić information content (AvgIpc) is 2.49. The van der Waals surface area contributed by atoms with Crippen LogP contribution in [0.3, 0.4) is 0 Å². The molecular weight excluding hydrogens is 280 g/mol. The number of carbonyl (C=O) groups is 2. The van der Waals surface area contributed by atoms with Crippen LogP contribution in [-0.4, -0.2) is 36.1 Å². The summed E-state index contributed by atoms with van der Waals surface area (Å²) in [5.74, 6) is -0.240. The van der Waals surface area contributed by atoms with Gasteiger partial charge in [-0.05, 0) is 30.7 Å². The van der Waals surface area contributed by atoms with Crippen LogP contribution in [0, 0.1) is 6.92 Å². The lowest BCUT2D eigenvalue weighted by Crippen LogP contribution is -2.29. The van der Waals surface area contributed by atoms with Crippen molar-refractivity contribution in [3.63, 3.8) is 0 Å². The highest BCUT2D eigenvalue weighted by molar-refractivity contribution is 6.06. The summed E-state index contributed by atoms with van der Waals surface area (Å²) in [6.45, 7) is 1.83. The number of anilines is 2. The van der Waals surface area contributed by atoms with Crippen molar-refractivity contribution in [2.24, 2.45) is 0 Å². The molecule has 22 heavy (non-hydrogen) atoms. The topological polar surface area (TPSA) is 60.9 Å². The molecule has 0 heterocycles. The molecular formula is C17H18N2O3. The van der Waals surface area contributed by atoms with Crippen molar-refractivity contribution in [3.8, 4) is 0 Å². The van der Waals surface area contributed by atoms with Crippen LogP contribution >= 0.6 is 0 Å². The molecule has 114 valence electrons. The summed E-state index contributed by atoms with van der Waals surface area (Å²) in [5.41, 5.74) is 2.05. The summed E-state index contributed by atoms with van der Waals surface area (Å²) in [6, 6.07) is 13.9. The van der Waals surface area contributed by atoms with Gasteiger partial charge in [0.15, 0.2) is 0 Å². The summed E-state index contributed by atoms with van der Waals surface area (Å²) in [5, 5.41) is 9.65. The number of aryl methyl sites for hydroxylation is 1. The standard InChI is InChI=1S/C17H18N2O3/c1-12-8-4-6-10-14(12)19(17(21)22)15-11-7-5-9-13(15)16(20)18(2)3/h4-11H,1-3H3,(H,21,22). The van der Waals surface area contributed by atoms with E-state index in [9.17, 15) is 14.7 Å². The van der Waals surface area contributed by atoms with E-state index in [-0.39, 0.29) is 5.91 Å². The van der Waals surface area contributed by atoms with Crippen molar-refractivity contribution < 1.29 is 14.7 Å². The number of hydrogen-bond donors (Lipinski definition) is 1. The first-order valence-electron chi connectivity index (χ1n) is 6.83. The van der Waals surface area contributed by atoms with E-state index < -0.39 is 6.09 Å². The van der Waals surface area contributed by atoms with E-state index in [1.54, 1.807) is 50.5 Å². The van der Waals surface area contributed by atoms with Crippen molar-refractivity contribution >= 4 is 23.4 Å². The zero-order chi connectivity index (χ0) is 16.3. The molecule has 0 radical (unpaired) electrons. The lowest BCUT2D eigenvalue weighted by Gasteiger charge is -2.24. The molecule has 2 amide bonds. The molecule has 0 aliphatic rings. The maximum absolute atomic E-state index is 12.3. The second kappa shape index (κ2) is 6.30. The lowest BCUT2D eigenvalue weighted by atomic mass is 10.1. The van der Waals surface area contributed by atoms with E-state index in [2.05, 4.69) is 0 Å². The SMILES string of the molecule is Cc1ccccc1N(C(=O)O)c1ccccc1C(=O)N(C)C. The molecule has 0 bridgehead atoms. The monoisotopic (exact) mass is 298 g/mol. The molecule has 2 rings (SSSR count). The summed E-state index contributed by atoms with van der Waals surface area (Å²) in [4.78, 5) is 26.7. The molecule has 0 unspecified atom stereocenters. The predicted octanol–water partition coefficient (Wildman–Crippen LogP) is 3.51. The Kier molecular flexibility index (Phi) is 4.46. The van der Waals surface area contributed by atoms with Gasteiger partial charge in [-0.3, -0.25) is 4.79 Å². The van der Waals surface area contributed by atoms with Crippen LogP contribution in [0.4, 0.5) is 16.2 Å². The van der Waals surface area contributed by atoms with Crippen molar-refractivity contribution in [1.29, 1.82) is 0 Å². The molecule has 5 nitrogen and oxygen atoms in total. The molecule has 1 N–H and O–H groups in total. The number of benzene rings is 2. The molecule has 2 aromatic carbocycles. The Labute approximate surface area is 129 Å². The Morgan fingerprint density at radius 1 is 0.909 bits per heavy atom. The van der Waals surface area contributed by atoms with Gasteiger partial charge in [-0.25, -0.2) is 9.69 Å². The summed E-state index contributed by atoms with van der Waals surface area (Å²) >= 11 is 0. The first-order valence-corrected chi connectivity index (χ1v) is 6.83. The van der Waals surface area contributed by atoms with Crippen molar-refractivity contribution in [2.45, 2.75) is 6.92 Å². The number of hydrogen-bond acceptors (Lipinski definition) is 2. The molecule has 0 saturated heterocycles. The van der Waals surface area contributed by atoms with Crippen LogP contribution in [-0.2, 0) is 0 Å². The predicted molar refractivity (Wildman–Crippen MR) is 85.8 cm³/mol. The average molecular weight is 298 g/mol. The van der Waals surface area contributed by atoms with Crippen LogP contribution in [0.1, 0.15) is 15.9 Å². The summed E-state index contributed by atoms with van der Waals surface area (Å²) in [6.07, 6.45) is -1.13. The van der Waals surface area contributed by atoms with E-state index in [1.807, 2.05) is 19.1 Å². The van der Waals surface area contributed by atoms with E-state index in [4.69, 9.17) is 0 Å². The van der Waals surface area contributed by atoms with Crippen molar-refractivity contribution in [2.75, 3.05) is 19.0 Å². The fourth-order valence-electron chi connectivity index (χ4n) is 2.24. The van der Waals surface area contributed by atoms with Gasteiger partial charge < -0.3 is 10.0 Å². The number of para-hydroxylation sites is 2. The molecule has 5 heteroatoms. The fourth-order valence-corrected chi connectivity index (χ4v) is 2.24. The molecule has 2 aromatic rings. The minimum atomic E-state index is -1.13. The number of rotatable bonds is 3. The maximum atomic E-state index is 12.3. The third-order valence-corrected chi connectivity index (χ3v) is 3.33. The van der Waals surface area contributed by atoms with Crippen LogP contribution in [0.5, 0.6) is 0 Å². The molecule has 0 aliphatic carbocycles. The van der Waals surface area contributed by atoms with Crippen molar-refractivity contribution in [3.05, 3.63) is 59.7 Å². The summed E-state index contributed by atoms with van der Waals surface area (Å²) < 4.78 is 0. The second-order valence-corrected chi connectivity index (χ2v) is 5.12. The quantitative estimate of drug-likeness (QED) is 0.943. The zero-order valence-corrected chi connectivity index (χ0v) is 12.8. The lowest BCUT2D eigenvalue weighted by molar-refractivity contribution is 0.0828. The normalized spacial score (nSPS) is 10.1. The van der Waals surface area contributed by atoms with E-state index in [1.165, 1.54) is 4.90 Å². The largest absolute Gasteiger partial charge is 0.464 e. The van der Waals surface area contributed by atoms with Crippen molar-refractivity contribution in [1.82, 2.24) is 4.90 Å². The smallest absolute Gasteiger partial charge is 0.416 e. The Morgan fingerprint density at radius 2 is 1.45 bits per heavy atom. The maximum Gasteiger partial charge on any atom is 0.416 e. The fraction of sp³-hybridized carbons (Fsp3) is 0.176. The first-order chi connectivity index (χ1) is 10.4.